The van der Waals surface area contributed by atoms with E-state index in [-0.39, 0.29) is 10.6 Å². The van der Waals surface area contributed by atoms with E-state index in [2.05, 4.69) is 0 Å². The number of hydrogen-bond acceptors (Lipinski definition) is 4. The van der Waals surface area contributed by atoms with Crippen LogP contribution in [0.15, 0.2) is 29.2 Å². The molecule has 0 bridgehead atoms. The van der Waals surface area contributed by atoms with E-state index in [9.17, 15) is 13.5 Å². The number of benzene rings is 1. The zero-order chi connectivity index (χ0) is 12.9. The Kier molecular flexibility index (Phi) is 4.92. The summed E-state index contributed by atoms with van der Waals surface area (Å²) < 4.78 is 30.2. The second-order valence-electron chi connectivity index (χ2n) is 3.67. The van der Waals surface area contributed by atoms with E-state index in [0.717, 1.165) is 0 Å². The van der Waals surface area contributed by atoms with Crippen LogP contribution < -0.4 is 0 Å². The largest absolute Gasteiger partial charge is 0.508 e. The summed E-state index contributed by atoms with van der Waals surface area (Å²) in [6.45, 7) is 0.895. The highest BCUT2D eigenvalue weighted by molar-refractivity contribution is 7.89. The first-order valence-corrected chi connectivity index (χ1v) is 6.67. The molecule has 0 spiro atoms. The molecule has 0 amide bonds. The van der Waals surface area contributed by atoms with Crippen molar-refractivity contribution < 1.29 is 18.3 Å². The van der Waals surface area contributed by atoms with Crippen LogP contribution in [0.2, 0.25) is 0 Å². The smallest absolute Gasteiger partial charge is 0.242 e. The Morgan fingerprint density at radius 3 is 2.71 bits per heavy atom. The lowest BCUT2D eigenvalue weighted by atomic mass is 10.3. The number of phenols is 1. The fourth-order valence-electron chi connectivity index (χ4n) is 1.38. The summed E-state index contributed by atoms with van der Waals surface area (Å²) in [5.41, 5.74) is 0. The van der Waals surface area contributed by atoms with Crippen molar-refractivity contribution >= 4 is 10.0 Å². The SMILES string of the molecule is COCCCN(C)S(=O)(=O)c1cccc(O)c1. The highest BCUT2D eigenvalue weighted by Gasteiger charge is 2.20. The van der Waals surface area contributed by atoms with E-state index < -0.39 is 10.0 Å². The van der Waals surface area contributed by atoms with Gasteiger partial charge < -0.3 is 9.84 Å². The van der Waals surface area contributed by atoms with Crippen LogP contribution in [-0.2, 0) is 14.8 Å². The Bertz CT molecular complexity index is 458. The first kappa shape index (κ1) is 14.0. The number of methoxy groups -OCH3 is 1. The van der Waals surface area contributed by atoms with Crippen LogP contribution in [0.5, 0.6) is 5.75 Å². The molecule has 0 aliphatic heterocycles. The van der Waals surface area contributed by atoms with Gasteiger partial charge in [0.05, 0.1) is 4.90 Å². The standard InChI is InChI=1S/C11H17NO4S/c1-12(7-4-8-16-2)17(14,15)11-6-3-5-10(13)9-11/h3,5-6,9,13H,4,7-8H2,1-2H3. The van der Waals surface area contributed by atoms with E-state index in [0.29, 0.717) is 19.6 Å². The van der Waals surface area contributed by atoms with Gasteiger partial charge in [0, 0.05) is 27.3 Å². The van der Waals surface area contributed by atoms with Crippen LogP contribution in [0.4, 0.5) is 0 Å². The van der Waals surface area contributed by atoms with Crippen molar-refractivity contribution in [1.82, 2.24) is 4.31 Å². The molecule has 1 rings (SSSR count). The highest BCUT2D eigenvalue weighted by Crippen LogP contribution is 2.19. The van der Waals surface area contributed by atoms with Gasteiger partial charge in [0.25, 0.3) is 0 Å². The van der Waals surface area contributed by atoms with Crippen molar-refractivity contribution in [1.29, 1.82) is 0 Å². The van der Waals surface area contributed by atoms with Crippen molar-refractivity contribution in [3.63, 3.8) is 0 Å². The van der Waals surface area contributed by atoms with Crippen molar-refractivity contribution in [3.05, 3.63) is 24.3 Å². The average Bonchev–Trinajstić information content (AvgIpc) is 2.29. The monoisotopic (exact) mass is 259 g/mol. The average molecular weight is 259 g/mol. The summed E-state index contributed by atoms with van der Waals surface area (Å²) in [7, 11) is -0.442. The van der Waals surface area contributed by atoms with Crippen LogP contribution >= 0.6 is 0 Å². The van der Waals surface area contributed by atoms with Crippen LogP contribution in [0.1, 0.15) is 6.42 Å². The number of rotatable bonds is 6. The summed E-state index contributed by atoms with van der Waals surface area (Å²) in [5.74, 6) is -0.0589. The molecule has 0 aromatic heterocycles. The Morgan fingerprint density at radius 2 is 2.12 bits per heavy atom. The topological polar surface area (TPSA) is 66.8 Å². The first-order chi connectivity index (χ1) is 7.98. The van der Waals surface area contributed by atoms with Crippen molar-refractivity contribution in [2.75, 3.05) is 27.3 Å². The summed E-state index contributed by atoms with van der Waals surface area (Å²) in [6.07, 6.45) is 0.630. The molecular formula is C11H17NO4S. The predicted molar refractivity (Wildman–Crippen MR) is 64.4 cm³/mol. The van der Waals surface area contributed by atoms with Crippen molar-refractivity contribution in [3.8, 4) is 5.75 Å². The fraction of sp³-hybridized carbons (Fsp3) is 0.455. The van der Waals surface area contributed by atoms with Crippen LogP contribution in [-0.4, -0.2) is 45.1 Å². The third-order valence-corrected chi connectivity index (χ3v) is 4.20. The summed E-state index contributed by atoms with van der Waals surface area (Å²) in [6, 6.07) is 5.64. The van der Waals surface area contributed by atoms with Gasteiger partial charge in [-0.15, -0.1) is 0 Å². The molecule has 1 aromatic carbocycles. The second kappa shape index (κ2) is 6.00. The van der Waals surface area contributed by atoms with Gasteiger partial charge in [-0.25, -0.2) is 12.7 Å². The lowest BCUT2D eigenvalue weighted by Gasteiger charge is -2.16. The molecule has 0 aliphatic rings. The van der Waals surface area contributed by atoms with Gasteiger partial charge >= 0.3 is 0 Å². The maximum Gasteiger partial charge on any atom is 0.242 e. The summed E-state index contributed by atoms with van der Waals surface area (Å²) in [5, 5.41) is 9.27. The molecular weight excluding hydrogens is 242 g/mol. The third kappa shape index (κ3) is 3.69. The molecule has 0 radical (unpaired) electrons. The first-order valence-electron chi connectivity index (χ1n) is 5.23. The van der Waals surface area contributed by atoms with Crippen molar-refractivity contribution in [2.24, 2.45) is 0 Å². The Balaban J connectivity index is 2.80. The molecule has 0 fully saturated rings. The maximum atomic E-state index is 12.1. The molecule has 0 saturated carbocycles. The van der Waals surface area contributed by atoms with Crippen LogP contribution in [0.3, 0.4) is 0 Å². The van der Waals surface area contributed by atoms with E-state index in [4.69, 9.17) is 4.74 Å². The van der Waals surface area contributed by atoms with Crippen molar-refractivity contribution in [2.45, 2.75) is 11.3 Å². The Hall–Kier alpha value is -1.11. The molecule has 0 aliphatic carbocycles. The van der Waals surface area contributed by atoms with E-state index in [1.807, 2.05) is 0 Å². The quantitative estimate of drug-likeness (QED) is 0.775. The lowest BCUT2D eigenvalue weighted by Crippen LogP contribution is -2.28. The van der Waals surface area contributed by atoms with Gasteiger partial charge in [0.1, 0.15) is 5.75 Å². The number of hydrogen-bond donors (Lipinski definition) is 1. The minimum absolute atomic E-state index is 0.0589. The molecule has 0 saturated heterocycles. The predicted octanol–water partition coefficient (Wildman–Crippen LogP) is 1.05. The minimum Gasteiger partial charge on any atom is -0.508 e. The number of aromatic hydroxyl groups is 1. The van der Waals surface area contributed by atoms with Crippen LogP contribution in [0.25, 0.3) is 0 Å². The Morgan fingerprint density at radius 1 is 1.41 bits per heavy atom. The van der Waals surface area contributed by atoms with Gasteiger partial charge in [-0.2, -0.15) is 0 Å². The third-order valence-electron chi connectivity index (χ3n) is 2.35. The van der Waals surface area contributed by atoms with E-state index in [1.165, 1.54) is 35.6 Å². The Labute approximate surface area is 102 Å². The molecule has 6 heteroatoms. The molecule has 1 N–H and O–H groups in total. The molecule has 5 nitrogen and oxygen atoms in total. The summed E-state index contributed by atoms with van der Waals surface area (Å²) in [4.78, 5) is 0.0948. The number of phenolic OH excluding ortho intramolecular Hbond substituents is 1. The summed E-state index contributed by atoms with van der Waals surface area (Å²) >= 11 is 0. The van der Waals surface area contributed by atoms with Gasteiger partial charge in [0.15, 0.2) is 0 Å². The molecule has 17 heavy (non-hydrogen) atoms. The molecule has 96 valence electrons. The maximum absolute atomic E-state index is 12.1. The van der Waals surface area contributed by atoms with Gasteiger partial charge in [0.2, 0.25) is 10.0 Å². The lowest BCUT2D eigenvalue weighted by molar-refractivity contribution is 0.189. The molecule has 0 heterocycles. The molecule has 1 aromatic rings. The van der Waals surface area contributed by atoms with Gasteiger partial charge in [-0.1, -0.05) is 6.07 Å². The van der Waals surface area contributed by atoms with E-state index in [1.54, 1.807) is 7.11 Å². The normalized spacial score (nSPS) is 11.9. The molecule has 0 atom stereocenters. The highest BCUT2D eigenvalue weighted by atomic mass is 32.2. The van der Waals surface area contributed by atoms with Crippen LogP contribution in [0, 0.1) is 0 Å². The minimum atomic E-state index is -3.52. The van der Waals surface area contributed by atoms with Gasteiger partial charge in [-0.05, 0) is 24.6 Å². The zero-order valence-electron chi connectivity index (χ0n) is 9.96. The fourth-order valence-corrected chi connectivity index (χ4v) is 2.63. The molecule has 0 unspecified atom stereocenters. The number of nitrogens with zero attached hydrogens (tertiary/aromatic N) is 1. The zero-order valence-corrected chi connectivity index (χ0v) is 10.8. The second-order valence-corrected chi connectivity index (χ2v) is 5.72. The number of sulfonamides is 1. The van der Waals surface area contributed by atoms with Gasteiger partial charge in [-0.3, -0.25) is 0 Å². The number of ether oxygens (including phenoxy) is 1. The van der Waals surface area contributed by atoms with E-state index >= 15 is 0 Å².